The SMILES string of the molecule is COc1ccc(OCc2cccs2)c(CC(C)N)c1. The molecular weight excluding hydrogens is 258 g/mol. The average Bonchev–Trinajstić information content (AvgIpc) is 2.89. The van der Waals surface area contributed by atoms with Gasteiger partial charge in [0.2, 0.25) is 0 Å². The molecule has 0 saturated heterocycles. The summed E-state index contributed by atoms with van der Waals surface area (Å²) in [5.41, 5.74) is 6.97. The molecule has 2 N–H and O–H groups in total. The van der Waals surface area contributed by atoms with Gasteiger partial charge in [-0.1, -0.05) is 6.07 Å². The molecule has 102 valence electrons. The molecule has 0 radical (unpaired) electrons. The van der Waals surface area contributed by atoms with Gasteiger partial charge in [-0.05, 0) is 48.6 Å². The second kappa shape index (κ2) is 6.59. The Morgan fingerprint density at radius 3 is 2.79 bits per heavy atom. The molecule has 0 saturated carbocycles. The van der Waals surface area contributed by atoms with Gasteiger partial charge in [0.15, 0.2) is 0 Å². The lowest BCUT2D eigenvalue weighted by Crippen LogP contribution is -2.18. The molecule has 1 unspecified atom stereocenters. The van der Waals surface area contributed by atoms with Gasteiger partial charge < -0.3 is 15.2 Å². The van der Waals surface area contributed by atoms with E-state index in [0.717, 1.165) is 23.5 Å². The summed E-state index contributed by atoms with van der Waals surface area (Å²) in [5, 5.41) is 2.05. The molecule has 0 bridgehead atoms. The van der Waals surface area contributed by atoms with Gasteiger partial charge in [-0.25, -0.2) is 0 Å². The molecule has 0 fully saturated rings. The highest BCUT2D eigenvalue weighted by Gasteiger charge is 2.08. The van der Waals surface area contributed by atoms with E-state index in [0.29, 0.717) is 6.61 Å². The van der Waals surface area contributed by atoms with E-state index < -0.39 is 0 Å². The first-order chi connectivity index (χ1) is 9.19. The fourth-order valence-corrected chi connectivity index (χ4v) is 2.49. The number of nitrogens with two attached hydrogens (primary N) is 1. The van der Waals surface area contributed by atoms with E-state index in [9.17, 15) is 0 Å². The largest absolute Gasteiger partial charge is 0.497 e. The Hall–Kier alpha value is -1.52. The Morgan fingerprint density at radius 1 is 1.32 bits per heavy atom. The summed E-state index contributed by atoms with van der Waals surface area (Å²) in [6.07, 6.45) is 0.775. The van der Waals surface area contributed by atoms with Crippen LogP contribution in [0.4, 0.5) is 0 Å². The number of rotatable bonds is 6. The van der Waals surface area contributed by atoms with E-state index >= 15 is 0 Å². The van der Waals surface area contributed by atoms with E-state index in [1.807, 2.05) is 31.2 Å². The van der Waals surface area contributed by atoms with Crippen LogP contribution in [0.5, 0.6) is 11.5 Å². The van der Waals surface area contributed by atoms with Crippen LogP contribution < -0.4 is 15.2 Å². The number of thiophene rings is 1. The monoisotopic (exact) mass is 277 g/mol. The van der Waals surface area contributed by atoms with Crippen molar-refractivity contribution >= 4 is 11.3 Å². The molecule has 0 aliphatic heterocycles. The van der Waals surface area contributed by atoms with Crippen LogP contribution in [-0.2, 0) is 13.0 Å². The van der Waals surface area contributed by atoms with Crippen molar-refractivity contribution in [2.24, 2.45) is 5.73 Å². The van der Waals surface area contributed by atoms with Gasteiger partial charge in [-0.2, -0.15) is 0 Å². The quantitative estimate of drug-likeness (QED) is 0.881. The summed E-state index contributed by atoms with van der Waals surface area (Å²) in [7, 11) is 1.66. The number of benzene rings is 1. The predicted octanol–water partition coefficient (Wildman–Crippen LogP) is 3.23. The number of hydrogen-bond acceptors (Lipinski definition) is 4. The molecular formula is C15H19NO2S. The highest BCUT2D eigenvalue weighted by Crippen LogP contribution is 2.26. The van der Waals surface area contributed by atoms with Crippen molar-refractivity contribution in [2.45, 2.75) is 26.0 Å². The Labute approximate surface area is 118 Å². The Morgan fingerprint density at radius 2 is 2.16 bits per heavy atom. The van der Waals surface area contributed by atoms with Crippen LogP contribution >= 0.6 is 11.3 Å². The van der Waals surface area contributed by atoms with Gasteiger partial charge in [0.1, 0.15) is 18.1 Å². The molecule has 0 aliphatic carbocycles. The zero-order valence-electron chi connectivity index (χ0n) is 11.3. The van der Waals surface area contributed by atoms with Gasteiger partial charge in [0, 0.05) is 10.9 Å². The summed E-state index contributed by atoms with van der Waals surface area (Å²) in [5.74, 6) is 1.71. The maximum Gasteiger partial charge on any atom is 0.123 e. The third-order valence-electron chi connectivity index (χ3n) is 2.76. The van der Waals surface area contributed by atoms with E-state index in [1.54, 1.807) is 18.4 Å². The van der Waals surface area contributed by atoms with Crippen LogP contribution in [0.15, 0.2) is 35.7 Å². The molecule has 2 aromatic rings. The third-order valence-corrected chi connectivity index (χ3v) is 3.61. The average molecular weight is 277 g/mol. The Kier molecular flexibility index (Phi) is 4.82. The van der Waals surface area contributed by atoms with Crippen molar-refractivity contribution in [2.75, 3.05) is 7.11 Å². The van der Waals surface area contributed by atoms with Crippen molar-refractivity contribution in [1.29, 1.82) is 0 Å². The van der Waals surface area contributed by atoms with Gasteiger partial charge in [0.05, 0.1) is 7.11 Å². The smallest absolute Gasteiger partial charge is 0.123 e. The van der Waals surface area contributed by atoms with Crippen LogP contribution in [0.1, 0.15) is 17.4 Å². The standard InChI is InChI=1S/C15H19NO2S/c1-11(16)8-12-9-13(17-2)5-6-15(12)18-10-14-4-3-7-19-14/h3-7,9,11H,8,10,16H2,1-2H3. The molecule has 4 heteroatoms. The highest BCUT2D eigenvalue weighted by molar-refractivity contribution is 7.09. The lowest BCUT2D eigenvalue weighted by molar-refractivity contribution is 0.305. The Balaban J connectivity index is 2.13. The minimum absolute atomic E-state index is 0.0937. The lowest BCUT2D eigenvalue weighted by Gasteiger charge is -2.14. The molecule has 0 aliphatic rings. The minimum Gasteiger partial charge on any atom is -0.497 e. The van der Waals surface area contributed by atoms with Crippen molar-refractivity contribution < 1.29 is 9.47 Å². The summed E-state index contributed by atoms with van der Waals surface area (Å²) in [4.78, 5) is 1.21. The molecule has 2 rings (SSSR count). The molecule has 1 atom stereocenters. The normalized spacial score (nSPS) is 12.2. The number of hydrogen-bond donors (Lipinski definition) is 1. The van der Waals surface area contributed by atoms with Crippen LogP contribution in [0.25, 0.3) is 0 Å². The molecule has 0 spiro atoms. The van der Waals surface area contributed by atoms with Crippen molar-refractivity contribution in [1.82, 2.24) is 0 Å². The molecule has 19 heavy (non-hydrogen) atoms. The van der Waals surface area contributed by atoms with Crippen molar-refractivity contribution in [3.05, 3.63) is 46.2 Å². The third kappa shape index (κ3) is 3.98. The van der Waals surface area contributed by atoms with Crippen LogP contribution in [0.3, 0.4) is 0 Å². The topological polar surface area (TPSA) is 44.5 Å². The maximum atomic E-state index is 5.88. The van der Waals surface area contributed by atoms with Gasteiger partial charge in [-0.3, -0.25) is 0 Å². The number of methoxy groups -OCH3 is 1. The van der Waals surface area contributed by atoms with Crippen LogP contribution in [0, 0.1) is 0 Å². The first-order valence-corrected chi connectivity index (χ1v) is 7.14. The second-order valence-corrected chi connectivity index (χ2v) is 5.56. The maximum absolute atomic E-state index is 5.88. The van der Waals surface area contributed by atoms with E-state index in [1.165, 1.54) is 4.88 Å². The fraction of sp³-hybridized carbons (Fsp3) is 0.333. The molecule has 3 nitrogen and oxygen atoms in total. The molecule has 1 aromatic heterocycles. The van der Waals surface area contributed by atoms with E-state index in [-0.39, 0.29) is 6.04 Å². The van der Waals surface area contributed by atoms with Crippen molar-refractivity contribution in [3.8, 4) is 11.5 Å². The van der Waals surface area contributed by atoms with E-state index in [4.69, 9.17) is 15.2 Å². The summed E-state index contributed by atoms with van der Waals surface area (Å²) in [6.45, 7) is 2.58. The second-order valence-electron chi connectivity index (χ2n) is 4.52. The lowest BCUT2D eigenvalue weighted by atomic mass is 10.1. The summed E-state index contributed by atoms with van der Waals surface area (Å²) < 4.78 is 11.1. The molecule has 0 amide bonds. The minimum atomic E-state index is 0.0937. The first kappa shape index (κ1) is 13.9. The Bertz CT molecular complexity index is 509. The van der Waals surface area contributed by atoms with Crippen LogP contribution in [0.2, 0.25) is 0 Å². The van der Waals surface area contributed by atoms with E-state index in [2.05, 4.69) is 11.4 Å². The fourth-order valence-electron chi connectivity index (χ4n) is 1.87. The number of ether oxygens (including phenoxy) is 2. The molecule has 1 heterocycles. The van der Waals surface area contributed by atoms with Crippen LogP contribution in [-0.4, -0.2) is 13.2 Å². The zero-order chi connectivity index (χ0) is 13.7. The van der Waals surface area contributed by atoms with Crippen molar-refractivity contribution in [3.63, 3.8) is 0 Å². The highest BCUT2D eigenvalue weighted by atomic mass is 32.1. The van der Waals surface area contributed by atoms with Gasteiger partial charge >= 0.3 is 0 Å². The first-order valence-electron chi connectivity index (χ1n) is 6.26. The summed E-state index contributed by atoms with van der Waals surface area (Å²) >= 11 is 1.70. The van der Waals surface area contributed by atoms with Gasteiger partial charge in [-0.15, -0.1) is 11.3 Å². The predicted molar refractivity (Wildman–Crippen MR) is 79.0 cm³/mol. The van der Waals surface area contributed by atoms with Gasteiger partial charge in [0.25, 0.3) is 0 Å². The zero-order valence-corrected chi connectivity index (χ0v) is 12.1. The summed E-state index contributed by atoms with van der Waals surface area (Å²) in [6, 6.07) is 10.0. The molecule has 1 aromatic carbocycles.